The van der Waals surface area contributed by atoms with Crippen molar-refractivity contribution >= 4 is 35.6 Å². The smallest absolute Gasteiger partial charge is 0.408 e. The van der Waals surface area contributed by atoms with Gasteiger partial charge in [0.05, 0.1) is 13.0 Å². The standard InChI is InChI=1S/C32H53N3O6S/c1-11-40-27(36)16-18-33-29(37)28(25-15-13-22(4)20-23(25)5)35(24(6)14-12-21(2)3)30(38)26(17-19-42-10)34-31(39)41-32(7,8)9/h13,15,20-21,24,26,28H,11-12,14,16-19H2,1-10H3,(H,33,37)(H,34,39). The monoisotopic (exact) mass is 607 g/mol. The second-order valence-corrected chi connectivity index (χ2v) is 13.1. The number of hydrogen-bond acceptors (Lipinski definition) is 7. The second-order valence-electron chi connectivity index (χ2n) is 12.2. The molecule has 0 bridgehead atoms. The van der Waals surface area contributed by atoms with E-state index in [1.165, 1.54) is 0 Å². The van der Waals surface area contributed by atoms with E-state index in [1.807, 2.05) is 45.2 Å². The quantitative estimate of drug-likeness (QED) is 0.231. The van der Waals surface area contributed by atoms with E-state index in [1.54, 1.807) is 44.4 Å². The molecule has 0 saturated heterocycles. The third-order valence-corrected chi connectivity index (χ3v) is 7.31. The van der Waals surface area contributed by atoms with Crippen molar-refractivity contribution in [2.75, 3.05) is 25.2 Å². The van der Waals surface area contributed by atoms with Gasteiger partial charge in [0, 0.05) is 12.6 Å². The summed E-state index contributed by atoms with van der Waals surface area (Å²) >= 11 is 1.57. The Kier molecular flexibility index (Phi) is 16.0. The van der Waals surface area contributed by atoms with Crippen LogP contribution in [0.15, 0.2) is 18.2 Å². The van der Waals surface area contributed by atoms with Crippen molar-refractivity contribution in [2.45, 2.75) is 112 Å². The number of benzene rings is 1. The zero-order chi connectivity index (χ0) is 32.0. The largest absolute Gasteiger partial charge is 0.466 e. The summed E-state index contributed by atoms with van der Waals surface area (Å²) in [5.74, 6) is -0.124. The van der Waals surface area contributed by atoms with Gasteiger partial charge in [-0.1, -0.05) is 37.6 Å². The first-order valence-electron chi connectivity index (χ1n) is 14.9. The lowest BCUT2D eigenvalue weighted by Crippen LogP contribution is -2.56. The molecule has 42 heavy (non-hydrogen) atoms. The number of alkyl carbamates (subject to hydrolysis) is 1. The number of nitrogens with one attached hydrogen (secondary N) is 2. The molecule has 0 heterocycles. The molecule has 1 rings (SSSR count). The van der Waals surface area contributed by atoms with Gasteiger partial charge in [0.25, 0.3) is 0 Å². The molecule has 238 valence electrons. The van der Waals surface area contributed by atoms with Crippen LogP contribution in [0.4, 0.5) is 4.79 Å². The molecule has 0 aromatic heterocycles. The van der Waals surface area contributed by atoms with Crippen LogP contribution in [0.1, 0.15) is 96.9 Å². The highest BCUT2D eigenvalue weighted by molar-refractivity contribution is 7.98. The van der Waals surface area contributed by atoms with Crippen LogP contribution in [0.2, 0.25) is 0 Å². The molecular weight excluding hydrogens is 554 g/mol. The van der Waals surface area contributed by atoms with E-state index in [0.717, 1.165) is 17.5 Å². The van der Waals surface area contributed by atoms with Crippen LogP contribution in [0.3, 0.4) is 0 Å². The second kappa shape index (κ2) is 18.0. The van der Waals surface area contributed by atoms with E-state index in [2.05, 4.69) is 24.5 Å². The van der Waals surface area contributed by atoms with Crippen LogP contribution in [-0.2, 0) is 23.9 Å². The van der Waals surface area contributed by atoms with E-state index in [-0.39, 0.29) is 31.5 Å². The van der Waals surface area contributed by atoms with Crippen LogP contribution in [0.25, 0.3) is 0 Å². The molecule has 0 aliphatic heterocycles. The zero-order valence-corrected chi connectivity index (χ0v) is 28.1. The lowest BCUT2D eigenvalue weighted by Gasteiger charge is -2.39. The van der Waals surface area contributed by atoms with Gasteiger partial charge in [0.1, 0.15) is 17.7 Å². The Morgan fingerprint density at radius 1 is 1.02 bits per heavy atom. The van der Waals surface area contributed by atoms with Crippen LogP contribution in [0, 0.1) is 19.8 Å². The fourth-order valence-corrected chi connectivity index (χ4v) is 5.07. The number of carbonyl (C=O) groups is 4. The molecule has 3 unspecified atom stereocenters. The highest BCUT2D eigenvalue weighted by atomic mass is 32.2. The van der Waals surface area contributed by atoms with Crippen LogP contribution < -0.4 is 10.6 Å². The van der Waals surface area contributed by atoms with Crippen molar-refractivity contribution in [3.8, 4) is 0 Å². The Balaban J connectivity index is 3.62. The molecule has 3 amide bonds. The number of rotatable bonds is 16. The molecule has 0 saturated carbocycles. The van der Waals surface area contributed by atoms with Gasteiger partial charge in [0.15, 0.2) is 0 Å². The maximum atomic E-state index is 14.5. The van der Waals surface area contributed by atoms with Gasteiger partial charge in [-0.2, -0.15) is 11.8 Å². The third kappa shape index (κ3) is 13.0. The van der Waals surface area contributed by atoms with Crippen LogP contribution in [0.5, 0.6) is 0 Å². The molecule has 0 aliphatic rings. The minimum Gasteiger partial charge on any atom is -0.466 e. The number of amides is 3. The van der Waals surface area contributed by atoms with Gasteiger partial charge in [-0.05, 0) is 96.8 Å². The Morgan fingerprint density at radius 2 is 1.69 bits per heavy atom. The Bertz CT molecular complexity index is 1040. The predicted molar refractivity (Wildman–Crippen MR) is 169 cm³/mol. The summed E-state index contributed by atoms with van der Waals surface area (Å²) in [4.78, 5) is 54.9. The van der Waals surface area contributed by atoms with Gasteiger partial charge in [-0.3, -0.25) is 14.4 Å². The minimum absolute atomic E-state index is 0.0204. The number of aryl methyl sites for hydroxylation is 2. The highest BCUT2D eigenvalue weighted by Crippen LogP contribution is 2.30. The first-order chi connectivity index (χ1) is 19.6. The molecule has 3 atom stereocenters. The normalized spacial score (nSPS) is 13.6. The molecule has 1 aromatic rings. The van der Waals surface area contributed by atoms with Gasteiger partial charge < -0.3 is 25.0 Å². The van der Waals surface area contributed by atoms with Gasteiger partial charge in [-0.15, -0.1) is 0 Å². The molecule has 1 aromatic carbocycles. The number of hydrogen-bond donors (Lipinski definition) is 2. The lowest BCUT2D eigenvalue weighted by molar-refractivity contribution is -0.146. The molecular formula is C32H53N3O6S. The molecule has 2 N–H and O–H groups in total. The summed E-state index contributed by atoms with van der Waals surface area (Å²) in [7, 11) is 0. The number of esters is 1. The zero-order valence-electron chi connectivity index (χ0n) is 27.3. The molecule has 9 nitrogen and oxygen atoms in total. The number of carbonyl (C=O) groups excluding carboxylic acids is 4. The fourth-order valence-electron chi connectivity index (χ4n) is 4.60. The Morgan fingerprint density at radius 3 is 2.24 bits per heavy atom. The van der Waals surface area contributed by atoms with E-state index in [9.17, 15) is 19.2 Å². The fraction of sp³-hybridized carbons (Fsp3) is 0.688. The van der Waals surface area contributed by atoms with E-state index in [0.29, 0.717) is 30.1 Å². The molecule has 0 fully saturated rings. The summed E-state index contributed by atoms with van der Waals surface area (Å²) in [6, 6.07) is 3.60. The van der Waals surface area contributed by atoms with Crippen molar-refractivity contribution < 1.29 is 28.7 Å². The van der Waals surface area contributed by atoms with Gasteiger partial charge >= 0.3 is 12.1 Å². The number of thioether (sulfide) groups is 1. The van der Waals surface area contributed by atoms with E-state index in [4.69, 9.17) is 9.47 Å². The van der Waals surface area contributed by atoms with E-state index < -0.39 is 35.7 Å². The van der Waals surface area contributed by atoms with Gasteiger partial charge in [0.2, 0.25) is 11.8 Å². The van der Waals surface area contributed by atoms with Gasteiger partial charge in [-0.25, -0.2) is 4.79 Å². The minimum atomic E-state index is -0.973. The van der Waals surface area contributed by atoms with Crippen molar-refractivity contribution in [1.29, 1.82) is 0 Å². The summed E-state index contributed by atoms with van der Waals surface area (Å²) in [6.07, 6.45) is 3.17. The number of nitrogens with zero attached hydrogens (tertiary/aromatic N) is 1. The first-order valence-corrected chi connectivity index (χ1v) is 16.3. The molecule has 0 spiro atoms. The van der Waals surface area contributed by atoms with Crippen LogP contribution >= 0.6 is 11.8 Å². The average Bonchev–Trinajstić information content (AvgIpc) is 2.87. The Hall–Kier alpha value is -2.75. The van der Waals surface area contributed by atoms with Crippen molar-refractivity contribution in [3.05, 3.63) is 34.9 Å². The SMILES string of the molecule is CCOC(=O)CCNC(=O)C(c1ccc(C)cc1C)N(C(=O)C(CCSC)NC(=O)OC(C)(C)C)C(C)CCC(C)C. The van der Waals surface area contributed by atoms with Crippen molar-refractivity contribution in [3.63, 3.8) is 0 Å². The summed E-state index contributed by atoms with van der Waals surface area (Å²) < 4.78 is 10.5. The van der Waals surface area contributed by atoms with E-state index >= 15 is 0 Å². The third-order valence-electron chi connectivity index (χ3n) is 6.67. The maximum absolute atomic E-state index is 14.5. The predicted octanol–water partition coefficient (Wildman–Crippen LogP) is 5.71. The molecule has 10 heteroatoms. The summed E-state index contributed by atoms with van der Waals surface area (Å²) in [5.41, 5.74) is 1.87. The summed E-state index contributed by atoms with van der Waals surface area (Å²) in [6.45, 7) is 17.4. The summed E-state index contributed by atoms with van der Waals surface area (Å²) in [5, 5.41) is 5.66. The van der Waals surface area contributed by atoms with Crippen molar-refractivity contribution in [1.82, 2.24) is 15.5 Å². The van der Waals surface area contributed by atoms with Crippen molar-refractivity contribution in [2.24, 2.45) is 5.92 Å². The highest BCUT2D eigenvalue weighted by Gasteiger charge is 2.39. The first kappa shape index (κ1) is 37.3. The Labute approximate surface area is 257 Å². The topological polar surface area (TPSA) is 114 Å². The lowest BCUT2D eigenvalue weighted by atomic mass is 9.93. The maximum Gasteiger partial charge on any atom is 0.408 e. The average molecular weight is 608 g/mol. The van der Waals surface area contributed by atoms with Crippen LogP contribution in [-0.4, -0.2) is 71.6 Å². The molecule has 0 radical (unpaired) electrons. The molecule has 0 aliphatic carbocycles. The number of ether oxygens (including phenoxy) is 2.